The molecular formula is C12H16N4O4. The van der Waals surface area contributed by atoms with Crippen LogP contribution < -0.4 is 10.6 Å². The molecule has 2 heterocycles. The van der Waals surface area contributed by atoms with Crippen molar-refractivity contribution in [2.75, 3.05) is 13.1 Å². The second-order valence-electron chi connectivity index (χ2n) is 4.82. The summed E-state index contributed by atoms with van der Waals surface area (Å²) in [4.78, 5) is 36.2. The molecule has 0 spiro atoms. The second-order valence-corrected chi connectivity index (χ2v) is 4.82. The number of carbonyl (C=O) groups is 3. The summed E-state index contributed by atoms with van der Waals surface area (Å²) in [6.45, 7) is 1.94. The Morgan fingerprint density at radius 3 is 2.95 bits per heavy atom. The number of carbonyl (C=O) groups excluding carboxylic acids is 3. The van der Waals surface area contributed by atoms with Crippen LogP contribution >= 0.6 is 0 Å². The minimum absolute atomic E-state index is 0.184. The van der Waals surface area contributed by atoms with Gasteiger partial charge in [0.05, 0.1) is 12.6 Å². The Morgan fingerprint density at radius 2 is 2.35 bits per heavy atom. The van der Waals surface area contributed by atoms with Gasteiger partial charge in [-0.25, -0.2) is 4.79 Å². The minimum atomic E-state index is -0.791. The van der Waals surface area contributed by atoms with Crippen LogP contribution in [0.4, 0.5) is 4.79 Å². The average Bonchev–Trinajstić information content (AvgIpc) is 3.01. The first kappa shape index (κ1) is 14.1. The zero-order valence-corrected chi connectivity index (χ0v) is 11.1. The lowest BCUT2D eigenvalue weighted by Crippen LogP contribution is -2.49. The average molecular weight is 280 g/mol. The zero-order valence-electron chi connectivity index (χ0n) is 11.1. The van der Waals surface area contributed by atoms with Crippen molar-refractivity contribution in [2.45, 2.75) is 38.0 Å². The number of hydrogen-bond acceptors (Lipinski definition) is 5. The van der Waals surface area contributed by atoms with Gasteiger partial charge in [0.2, 0.25) is 11.8 Å². The fourth-order valence-corrected chi connectivity index (χ4v) is 2.37. The number of nitriles is 1. The van der Waals surface area contributed by atoms with Gasteiger partial charge in [-0.2, -0.15) is 5.26 Å². The second kappa shape index (κ2) is 5.77. The maximum Gasteiger partial charge on any atom is 0.408 e. The van der Waals surface area contributed by atoms with Gasteiger partial charge < -0.3 is 20.3 Å². The normalized spacial score (nSPS) is 28.5. The topological polar surface area (TPSA) is 112 Å². The molecule has 0 bridgehead atoms. The first-order chi connectivity index (χ1) is 9.52. The highest BCUT2D eigenvalue weighted by molar-refractivity contribution is 5.91. The van der Waals surface area contributed by atoms with Crippen molar-refractivity contribution in [3.63, 3.8) is 0 Å². The van der Waals surface area contributed by atoms with Crippen LogP contribution in [-0.2, 0) is 14.3 Å². The van der Waals surface area contributed by atoms with E-state index in [9.17, 15) is 14.4 Å². The van der Waals surface area contributed by atoms with E-state index in [0.29, 0.717) is 13.0 Å². The molecule has 2 N–H and O–H groups in total. The molecule has 20 heavy (non-hydrogen) atoms. The number of rotatable bonds is 3. The quantitative estimate of drug-likeness (QED) is 0.697. The molecule has 2 aliphatic heterocycles. The summed E-state index contributed by atoms with van der Waals surface area (Å²) < 4.78 is 4.79. The number of alkyl carbamates (subject to hydrolysis) is 1. The van der Waals surface area contributed by atoms with Crippen LogP contribution in [0.3, 0.4) is 0 Å². The summed E-state index contributed by atoms with van der Waals surface area (Å²) >= 11 is 0. The molecule has 0 radical (unpaired) electrons. The molecule has 8 nitrogen and oxygen atoms in total. The third-order valence-electron chi connectivity index (χ3n) is 3.45. The third kappa shape index (κ3) is 2.82. The van der Waals surface area contributed by atoms with Crippen molar-refractivity contribution in [3.05, 3.63) is 0 Å². The number of hydrogen-bond donors (Lipinski definition) is 2. The summed E-state index contributed by atoms with van der Waals surface area (Å²) in [6, 6.07) is 0.865. The van der Waals surface area contributed by atoms with Crippen LogP contribution in [0.25, 0.3) is 0 Å². The summed E-state index contributed by atoms with van der Waals surface area (Å²) in [5.41, 5.74) is 0. The van der Waals surface area contributed by atoms with Gasteiger partial charge in [-0.3, -0.25) is 9.59 Å². The van der Waals surface area contributed by atoms with E-state index in [1.807, 2.05) is 0 Å². The number of likely N-dealkylation sites (tertiary alicyclic amines) is 1. The smallest absolute Gasteiger partial charge is 0.408 e. The van der Waals surface area contributed by atoms with Crippen LogP contribution in [0.15, 0.2) is 0 Å². The highest BCUT2D eigenvalue weighted by Crippen LogP contribution is 2.16. The highest BCUT2D eigenvalue weighted by atomic mass is 16.6. The SMILES string of the molecule is C[C@@H]1OC(=O)N[C@@H]1C(=O)NCC(=O)N1CCC[C@H]1C#N. The molecule has 2 rings (SSSR count). The first-order valence-corrected chi connectivity index (χ1v) is 6.47. The number of nitrogens with zero attached hydrogens (tertiary/aromatic N) is 2. The van der Waals surface area contributed by atoms with E-state index in [4.69, 9.17) is 10.00 Å². The molecule has 8 heteroatoms. The van der Waals surface area contributed by atoms with E-state index in [0.717, 1.165) is 6.42 Å². The Balaban J connectivity index is 1.83. The molecule has 2 saturated heterocycles. The van der Waals surface area contributed by atoms with Crippen molar-refractivity contribution in [3.8, 4) is 6.07 Å². The summed E-state index contributed by atoms with van der Waals surface area (Å²) in [5, 5.41) is 13.7. The molecule has 0 aromatic rings. The number of amides is 3. The Morgan fingerprint density at radius 1 is 1.60 bits per heavy atom. The summed E-state index contributed by atoms with van der Waals surface area (Å²) in [6.07, 6.45) is 0.241. The van der Waals surface area contributed by atoms with E-state index in [2.05, 4.69) is 16.7 Å². The first-order valence-electron chi connectivity index (χ1n) is 6.47. The maximum atomic E-state index is 11.9. The Labute approximate surface area is 116 Å². The van der Waals surface area contributed by atoms with Crippen LogP contribution in [0.2, 0.25) is 0 Å². The van der Waals surface area contributed by atoms with Gasteiger partial charge in [-0.15, -0.1) is 0 Å². The molecule has 0 unspecified atom stereocenters. The van der Waals surface area contributed by atoms with Gasteiger partial charge in [0, 0.05) is 6.54 Å². The van der Waals surface area contributed by atoms with Gasteiger partial charge in [-0.1, -0.05) is 0 Å². The van der Waals surface area contributed by atoms with E-state index < -0.39 is 30.2 Å². The molecule has 108 valence electrons. The van der Waals surface area contributed by atoms with Gasteiger partial charge in [0.15, 0.2) is 0 Å². The Hall–Kier alpha value is -2.30. The fraction of sp³-hybridized carbons (Fsp3) is 0.667. The standard InChI is InChI=1S/C12H16N4O4/c1-7-10(15-12(19)20-7)11(18)14-6-9(17)16-4-2-3-8(16)5-13/h7-8,10H,2-4,6H2,1H3,(H,14,18)(H,15,19)/t7-,8-,10-/m0/s1. The molecule has 2 fully saturated rings. The van der Waals surface area contributed by atoms with E-state index in [1.165, 1.54) is 4.90 Å². The number of cyclic esters (lactones) is 1. The maximum absolute atomic E-state index is 11.9. The summed E-state index contributed by atoms with van der Waals surface area (Å²) in [5.74, 6) is -0.760. The summed E-state index contributed by atoms with van der Waals surface area (Å²) in [7, 11) is 0. The molecule has 3 amide bonds. The molecule has 3 atom stereocenters. The van der Waals surface area contributed by atoms with E-state index in [1.54, 1.807) is 6.92 Å². The lowest BCUT2D eigenvalue weighted by molar-refractivity contribution is -0.133. The van der Waals surface area contributed by atoms with E-state index >= 15 is 0 Å². The lowest BCUT2D eigenvalue weighted by atomic mass is 10.2. The van der Waals surface area contributed by atoms with Crippen LogP contribution in [-0.4, -0.2) is 54.1 Å². The van der Waals surface area contributed by atoms with Gasteiger partial charge in [0.1, 0.15) is 18.2 Å². The fourth-order valence-electron chi connectivity index (χ4n) is 2.37. The van der Waals surface area contributed by atoms with Crippen LogP contribution in [0.1, 0.15) is 19.8 Å². The van der Waals surface area contributed by atoms with Crippen molar-refractivity contribution in [1.29, 1.82) is 5.26 Å². The predicted molar refractivity (Wildman–Crippen MR) is 66.2 cm³/mol. The predicted octanol–water partition coefficient (Wildman–Crippen LogP) is -0.886. The van der Waals surface area contributed by atoms with Crippen molar-refractivity contribution >= 4 is 17.9 Å². The van der Waals surface area contributed by atoms with Crippen LogP contribution in [0.5, 0.6) is 0 Å². The molecule has 0 saturated carbocycles. The van der Waals surface area contributed by atoms with Crippen molar-refractivity contribution < 1.29 is 19.1 Å². The largest absolute Gasteiger partial charge is 0.444 e. The monoisotopic (exact) mass is 280 g/mol. The number of ether oxygens (including phenoxy) is 1. The molecule has 0 aromatic heterocycles. The molecular weight excluding hydrogens is 264 g/mol. The van der Waals surface area contributed by atoms with Crippen molar-refractivity contribution in [1.82, 2.24) is 15.5 Å². The molecule has 0 aliphatic carbocycles. The number of nitrogens with one attached hydrogen (secondary N) is 2. The van der Waals surface area contributed by atoms with Crippen LogP contribution in [0, 0.1) is 11.3 Å². The van der Waals surface area contributed by atoms with Gasteiger partial charge in [-0.05, 0) is 19.8 Å². The van der Waals surface area contributed by atoms with E-state index in [-0.39, 0.29) is 12.5 Å². The highest BCUT2D eigenvalue weighted by Gasteiger charge is 2.36. The Bertz CT molecular complexity index is 473. The molecule has 2 aliphatic rings. The third-order valence-corrected chi connectivity index (χ3v) is 3.45. The Kier molecular flexibility index (Phi) is 4.08. The zero-order chi connectivity index (χ0) is 14.7. The minimum Gasteiger partial charge on any atom is -0.444 e. The van der Waals surface area contributed by atoms with Crippen molar-refractivity contribution in [2.24, 2.45) is 0 Å². The molecule has 0 aromatic carbocycles. The lowest BCUT2D eigenvalue weighted by Gasteiger charge is -2.20. The van der Waals surface area contributed by atoms with Gasteiger partial charge in [0.25, 0.3) is 0 Å². The van der Waals surface area contributed by atoms with Gasteiger partial charge >= 0.3 is 6.09 Å².